The summed E-state index contributed by atoms with van der Waals surface area (Å²) in [7, 11) is -10.00. The number of ether oxygens (including phenoxy) is 4. The highest BCUT2D eigenvalue weighted by molar-refractivity contribution is 7.47. The zero-order chi connectivity index (χ0) is 70.4. The van der Waals surface area contributed by atoms with Gasteiger partial charge in [0.25, 0.3) is 0 Å². The number of carbonyl (C=O) groups is 4. The van der Waals surface area contributed by atoms with Crippen molar-refractivity contribution in [3.63, 3.8) is 0 Å². The minimum Gasteiger partial charge on any atom is -0.462 e. The summed E-state index contributed by atoms with van der Waals surface area (Å²) in [5, 5.41) is 10.6. The van der Waals surface area contributed by atoms with E-state index in [1.807, 2.05) is 36.5 Å². The van der Waals surface area contributed by atoms with Crippen LogP contribution in [-0.4, -0.2) is 96.7 Å². The van der Waals surface area contributed by atoms with Crippen LogP contribution in [0, 0.1) is 0 Å². The SMILES string of the molecule is CC/C=C\C/C=C\C/C=C\C/C=C\C/C=C\C/C=C\CCC(=O)OCC(COP(=O)(O)OCC(O)COP(=O)(O)OCC(COC(=O)C/C=C\C/C=C\C/C=C\C/C=C\C/C=C\CC)OC(=O)CCCCCCC/C=C\CCCC)OC(=O)CCCCCCC/C=C\CCCC. The van der Waals surface area contributed by atoms with Crippen LogP contribution in [0.25, 0.3) is 0 Å². The van der Waals surface area contributed by atoms with Crippen LogP contribution >= 0.6 is 15.6 Å². The molecule has 0 fully saturated rings. The number of unbranched alkanes of at least 4 members (excludes halogenated alkanes) is 14. The van der Waals surface area contributed by atoms with Crippen molar-refractivity contribution < 1.29 is 80.2 Å². The largest absolute Gasteiger partial charge is 0.472 e. The summed E-state index contributed by atoms with van der Waals surface area (Å²) in [6.45, 7) is 4.29. The third-order valence-electron chi connectivity index (χ3n) is 14.0. The quantitative estimate of drug-likeness (QED) is 0.0169. The molecular formula is C77H124O17P2. The van der Waals surface area contributed by atoms with Crippen molar-refractivity contribution in [1.29, 1.82) is 0 Å². The fourth-order valence-electron chi connectivity index (χ4n) is 8.57. The Hall–Kier alpha value is -5.32. The Morgan fingerprint density at radius 2 is 0.604 bits per heavy atom. The fraction of sp³-hybridized carbons (Fsp3) is 0.610. The number of carbonyl (C=O) groups excluding carboxylic acids is 4. The minimum absolute atomic E-state index is 0.0280. The summed E-state index contributed by atoms with van der Waals surface area (Å²) in [5.74, 6) is -2.46. The molecule has 0 radical (unpaired) electrons. The maximum Gasteiger partial charge on any atom is 0.472 e. The molecule has 0 spiro atoms. The van der Waals surface area contributed by atoms with Gasteiger partial charge in [-0.3, -0.25) is 37.3 Å². The molecule has 0 aliphatic heterocycles. The molecule has 0 aromatic rings. The lowest BCUT2D eigenvalue weighted by atomic mass is 10.1. The summed E-state index contributed by atoms with van der Waals surface area (Å²) in [5.41, 5.74) is 0. The average Bonchev–Trinajstić information content (AvgIpc) is 1.15. The van der Waals surface area contributed by atoms with Crippen molar-refractivity contribution in [2.75, 3.05) is 39.6 Å². The molecule has 0 saturated heterocycles. The first-order chi connectivity index (χ1) is 46.7. The number of hydrogen-bond acceptors (Lipinski definition) is 15. The Bertz CT molecular complexity index is 2450. The summed E-state index contributed by atoms with van der Waals surface area (Å²) in [6, 6.07) is 0. The van der Waals surface area contributed by atoms with Gasteiger partial charge in [-0.2, -0.15) is 0 Å². The summed E-state index contributed by atoms with van der Waals surface area (Å²) in [4.78, 5) is 72.5. The van der Waals surface area contributed by atoms with Gasteiger partial charge in [0.1, 0.15) is 19.3 Å². The number of esters is 4. The maximum absolute atomic E-state index is 13.0. The minimum atomic E-state index is -5.00. The van der Waals surface area contributed by atoms with Crippen LogP contribution in [0.2, 0.25) is 0 Å². The number of aliphatic hydroxyl groups excluding tert-OH is 1. The molecule has 0 rings (SSSR count). The first kappa shape index (κ1) is 90.7. The molecule has 0 amide bonds. The van der Waals surface area contributed by atoms with Gasteiger partial charge >= 0.3 is 39.5 Å². The topological polar surface area (TPSA) is 237 Å². The summed E-state index contributed by atoms with van der Waals surface area (Å²) in [6.07, 6.45) is 77.4. The van der Waals surface area contributed by atoms with Gasteiger partial charge < -0.3 is 33.8 Å². The van der Waals surface area contributed by atoms with Gasteiger partial charge in [0.2, 0.25) is 0 Å². The second kappa shape index (κ2) is 68.2. The van der Waals surface area contributed by atoms with Crippen molar-refractivity contribution in [2.45, 2.75) is 264 Å². The fourth-order valence-corrected chi connectivity index (χ4v) is 10.2. The highest BCUT2D eigenvalue weighted by Gasteiger charge is 2.30. The van der Waals surface area contributed by atoms with E-state index in [-0.39, 0.29) is 25.7 Å². The predicted molar refractivity (Wildman–Crippen MR) is 390 cm³/mol. The first-order valence-electron chi connectivity index (χ1n) is 35.7. The molecule has 96 heavy (non-hydrogen) atoms. The van der Waals surface area contributed by atoms with Crippen molar-refractivity contribution in [3.05, 3.63) is 158 Å². The molecule has 5 atom stereocenters. The summed E-state index contributed by atoms with van der Waals surface area (Å²) < 4.78 is 68.0. The lowest BCUT2D eigenvalue weighted by molar-refractivity contribution is -0.161. The van der Waals surface area contributed by atoms with Crippen LogP contribution in [0.1, 0.15) is 246 Å². The number of phosphoric acid groups is 2. The third kappa shape index (κ3) is 67.3. The number of aliphatic hydroxyl groups is 1. The van der Waals surface area contributed by atoms with Crippen LogP contribution in [0.4, 0.5) is 0 Å². The average molecular weight is 1380 g/mol. The van der Waals surface area contributed by atoms with Crippen LogP contribution in [0.5, 0.6) is 0 Å². The number of phosphoric ester groups is 2. The maximum atomic E-state index is 13.0. The van der Waals surface area contributed by atoms with Gasteiger partial charge in [-0.05, 0) is 128 Å². The van der Waals surface area contributed by atoms with E-state index in [1.165, 1.54) is 12.8 Å². The Morgan fingerprint density at radius 3 is 0.969 bits per heavy atom. The molecule has 0 heterocycles. The Kier molecular flexibility index (Phi) is 64.4. The van der Waals surface area contributed by atoms with E-state index < -0.39 is 97.5 Å². The molecular weight excluding hydrogens is 1260 g/mol. The van der Waals surface area contributed by atoms with Crippen molar-refractivity contribution in [1.82, 2.24) is 0 Å². The second-order valence-corrected chi connectivity index (χ2v) is 26.0. The number of hydrogen-bond donors (Lipinski definition) is 3. The third-order valence-corrected chi connectivity index (χ3v) is 15.9. The molecule has 0 aromatic carbocycles. The van der Waals surface area contributed by atoms with E-state index in [2.05, 4.69) is 143 Å². The molecule has 0 saturated carbocycles. The smallest absolute Gasteiger partial charge is 0.462 e. The van der Waals surface area contributed by atoms with Gasteiger partial charge in [-0.15, -0.1) is 0 Å². The Labute approximate surface area is 579 Å². The first-order valence-corrected chi connectivity index (χ1v) is 38.7. The molecule has 0 bridgehead atoms. The highest BCUT2D eigenvalue weighted by atomic mass is 31.2. The standard InChI is InChI=1S/C77H124O17P2/c1-5-9-13-17-21-25-29-31-33-34-35-36-38-40-44-46-50-54-58-62-75(80)88-68-73(94-77(82)64-60-56-52-48-42-28-24-20-16-12-8-4)70-92-96(85,86)90-66-71(78)65-89-95(83,84)91-69-72(93-76(81)63-59-55-51-47-41-27-23-19-15-11-7-3)67-87-74(79)61-57-53-49-45-43-39-37-32-30-26-22-18-14-10-6-2/h9-10,13-14,19-26,31-33,35-37,40,43-45,50,53-54,57,71-73,78H,5-8,11-12,15-18,27-30,34,38-39,41-42,46-49,51-52,55-56,58-70H2,1-4H3,(H,83,84)(H,85,86)/b13-9-,14-10-,23-19-,24-20-,25-21-,26-22-,33-31-,36-35-,37-32-,44-40-,45-43-,54-50-,57-53-. The molecule has 17 nitrogen and oxygen atoms in total. The zero-order valence-electron chi connectivity index (χ0n) is 59.0. The van der Waals surface area contributed by atoms with E-state index in [4.69, 9.17) is 37.0 Å². The van der Waals surface area contributed by atoms with Crippen molar-refractivity contribution in [2.24, 2.45) is 0 Å². The molecule has 0 aromatic heterocycles. The molecule has 0 aliphatic rings. The van der Waals surface area contributed by atoms with Gasteiger partial charge in [0.05, 0.1) is 32.8 Å². The Morgan fingerprint density at radius 1 is 0.312 bits per heavy atom. The van der Waals surface area contributed by atoms with Crippen LogP contribution in [0.3, 0.4) is 0 Å². The van der Waals surface area contributed by atoms with E-state index in [1.54, 1.807) is 6.08 Å². The van der Waals surface area contributed by atoms with Gasteiger partial charge in [-0.25, -0.2) is 9.13 Å². The van der Waals surface area contributed by atoms with Gasteiger partial charge in [0.15, 0.2) is 12.2 Å². The van der Waals surface area contributed by atoms with Crippen LogP contribution < -0.4 is 0 Å². The number of rotatable bonds is 65. The lowest BCUT2D eigenvalue weighted by Gasteiger charge is -2.21. The van der Waals surface area contributed by atoms with Crippen LogP contribution in [0.15, 0.2) is 158 Å². The normalized spacial score (nSPS) is 14.9. The van der Waals surface area contributed by atoms with E-state index >= 15 is 0 Å². The van der Waals surface area contributed by atoms with Crippen molar-refractivity contribution in [3.8, 4) is 0 Å². The molecule has 5 unspecified atom stereocenters. The summed E-state index contributed by atoms with van der Waals surface area (Å²) >= 11 is 0. The molecule has 544 valence electrons. The van der Waals surface area contributed by atoms with Crippen LogP contribution in [-0.2, 0) is 65.4 Å². The highest BCUT2D eigenvalue weighted by Crippen LogP contribution is 2.45. The van der Waals surface area contributed by atoms with Gasteiger partial charge in [0, 0.05) is 19.3 Å². The van der Waals surface area contributed by atoms with Crippen molar-refractivity contribution >= 4 is 39.5 Å². The molecule has 19 heteroatoms. The zero-order valence-corrected chi connectivity index (χ0v) is 60.8. The molecule has 0 aliphatic carbocycles. The van der Waals surface area contributed by atoms with E-state index in [9.17, 15) is 43.2 Å². The number of allylic oxidation sites excluding steroid dienone is 25. The van der Waals surface area contributed by atoms with E-state index in [0.29, 0.717) is 32.1 Å². The monoisotopic (exact) mass is 1380 g/mol. The lowest BCUT2D eigenvalue weighted by Crippen LogP contribution is -2.30. The van der Waals surface area contributed by atoms with Gasteiger partial charge in [-0.1, -0.05) is 250 Å². The molecule has 3 N–H and O–H groups in total. The Balaban J connectivity index is 5.44. The van der Waals surface area contributed by atoms with E-state index in [0.717, 1.165) is 148 Å². The second-order valence-electron chi connectivity index (χ2n) is 23.1. The predicted octanol–water partition coefficient (Wildman–Crippen LogP) is 20.1.